The topological polar surface area (TPSA) is 214 Å². The lowest BCUT2D eigenvalue weighted by molar-refractivity contribution is -0.332. The molecule has 2 rings (SSSR count). The van der Waals surface area contributed by atoms with E-state index in [1.165, 1.54) is 51.4 Å². The van der Waals surface area contributed by atoms with Crippen molar-refractivity contribution in [2.24, 2.45) is 0 Å². The summed E-state index contributed by atoms with van der Waals surface area (Å²) in [6.07, 6.45) is 10.1. The van der Waals surface area contributed by atoms with Gasteiger partial charge >= 0.3 is 5.97 Å². The summed E-state index contributed by atoms with van der Waals surface area (Å²) in [6, 6.07) is 0. The van der Waals surface area contributed by atoms with Crippen LogP contribution in [0.3, 0.4) is 0 Å². The summed E-state index contributed by atoms with van der Waals surface area (Å²) >= 11 is 0. The zero-order chi connectivity index (χ0) is 40.3. The Balaban J connectivity index is 1.85. The van der Waals surface area contributed by atoms with E-state index in [1.807, 2.05) is 0 Å². The first-order valence-corrected chi connectivity index (χ1v) is 21.3. The number of rotatable bonds is 32. The van der Waals surface area contributed by atoms with Crippen LogP contribution in [0, 0.1) is 0 Å². The second kappa shape index (κ2) is 30.8. The summed E-state index contributed by atoms with van der Waals surface area (Å²) in [7, 11) is 0. The van der Waals surface area contributed by atoms with Gasteiger partial charge in [0.2, 0.25) is 0 Å². The van der Waals surface area contributed by atoms with Gasteiger partial charge in [-0.1, -0.05) is 116 Å². The average molecular weight is 793 g/mol. The molecule has 14 heteroatoms. The molecule has 0 radical (unpaired) electrons. The molecule has 14 nitrogen and oxygen atoms in total. The largest absolute Gasteiger partial charge is 0.457 e. The zero-order valence-corrected chi connectivity index (χ0v) is 33.7. The number of carbonyl (C=O) groups excluding carboxylic acids is 1. The Morgan fingerprint density at radius 1 is 0.582 bits per heavy atom. The van der Waals surface area contributed by atoms with Crippen molar-refractivity contribution in [3.8, 4) is 0 Å². The summed E-state index contributed by atoms with van der Waals surface area (Å²) in [5.74, 6) is -0.388. The van der Waals surface area contributed by atoms with Crippen molar-refractivity contribution in [2.45, 2.75) is 210 Å². The van der Waals surface area contributed by atoms with Crippen molar-refractivity contribution in [3.63, 3.8) is 0 Å². The van der Waals surface area contributed by atoms with Gasteiger partial charge in [0, 0.05) is 13.0 Å². The van der Waals surface area contributed by atoms with Crippen LogP contribution in [0.5, 0.6) is 0 Å². The third kappa shape index (κ3) is 20.3. The van der Waals surface area contributed by atoms with Crippen molar-refractivity contribution in [2.75, 3.05) is 33.0 Å². The maximum atomic E-state index is 12.8. The van der Waals surface area contributed by atoms with E-state index in [4.69, 9.17) is 28.4 Å². The molecule has 0 aromatic carbocycles. The lowest BCUT2D eigenvalue weighted by Crippen LogP contribution is -2.61. The molecule has 2 saturated heterocycles. The molecule has 2 aliphatic heterocycles. The van der Waals surface area contributed by atoms with Gasteiger partial charge in [-0.2, -0.15) is 0 Å². The van der Waals surface area contributed by atoms with E-state index < -0.39 is 80.7 Å². The second-order valence-corrected chi connectivity index (χ2v) is 15.2. The summed E-state index contributed by atoms with van der Waals surface area (Å²) in [4.78, 5) is 12.8. The quantitative estimate of drug-likeness (QED) is 0.0292. The second-order valence-electron chi connectivity index (χ2n) is 15.2. The Labute approximate surface area is 329 Å². The standard InChI is InChI=1S/C41H76O14/c1-3-5-7-9-11-13-15-17-19-21-23-25-50-27-30(53-33(43)24-22-20-18-16-14-12-10-8-6-4-2)28-51-40-39(49)37(47)35(45)32(55-40)29-52-41-38(48)36(46)34(44)31(26-42)54-41/h8,10,30-32,34-42,44-49H,3-7,9,11-29H2,1-2H3/b10-8-. The molecule has 0 spiro atoms. The molecule has 0 aliphatic carbocycles. The van der Waals surface area contributed by atoms with Gasteiger partial charge in [0.25, 0.3) is 0 Å². The first kappa shape index (κ1) is 49.9. The summed E-state index contributed by atoms with van der Waals surface area (Å²) < 4.78 is 34.0. The highest BCUT2D eigenvalue weighted by Crippen LogP contribution is 2.26. The van der Waals surface area contributed by atoms with Crippen LogP contribution in [0.25, 0.3) is 0 Å². The van der Waals surface area contributed by atoms with Crippen LogP contribution in [-0.4, -0.2) is 142 Å². The molecule has 0 saturated carbocycles. The van der Waals surface area contributed by atoms with Crippen LogP contribution in [0.4, 0.5) is 0 Å². The molecule has 2 heterocycles. The smallest absolute Gasteiger partial charge is 0.306 e. The van der Waals surface area contributed by atoms with Gasteiger partial charge < -0.3 is 64.2 Å². The Kier molecular flexibility index (Phi) is 27.9. The van der Waals surface area contributed by atoms with E-state index in [1.54, 1.807) is 0 Å². The van der Waals surface area contributed by atoms with Crippen LogP contribution >= 0.6 is 0 Å². The Morgan fingerprint density at radius 3 is 1.73 bits per heavy atom. The highest BCUT2D eigenvalue weighted by molar-refractivity contribution is 5.69. The molecular formula is C41H76O14. The molecule has 324 valence electrons. The Bertz CT molecular complexity index is 969. The molecular weight excluding hydrogens is 716 g/mol. The molecule has 0 amide bonds. The third-order valence-corrected chi connectivity index (χ3v) is 10.3. The number of allylic oxidation sites excluding steroid dienone is 2. The fraction of sp³-hybridized carbons (Fsp3) is 0.927. The summed E-state index contributed by atoms with van der Waals surface area (Å²) in [5.41, 5.74) is 0. The third-order valence-electron chi connectivity index (χ3n) is 10.3. The lowest BCUT2D eigenvalue weighted by Gasteiger charge is -2.42. The normalized spacial score (nSPS) is 29.2. The van der Waals surface area contributed by atoms with Gasteiger partial charge in [-0.25, -0.2) is 0 Å². The maximum absolute atomic E-state index is 12.8. The first-order chi connectivity index (χ1) is 26.6. The van der Waals surface area contributed by atoms with Gasteiger partial charge in [0.15, 0.2) is 12.6 Å². The average Bonchev–Trinajstić information content (AvgIpc) is 3.18. The molecule has 2 fully saturated rings. The number of hydrogen-bond acceptors (Lipinski definition) is 14. The molecule has 55 heavy (non-hydrogen) atoms. The summed E-state index contributed by atoms with van der Waals surface area (Å²) in [6.45, 7) is 3.59. The van der Waals surface area contributed by atoms with Crippen molar-refractivity contribution in [3.05, 3.63) is 12.2 Å². The van der Waals surface area contributed by atoms with E-state index in [-0.39, 0.29) is 25.6 Å². The van der Waals surface area contributed by atoms with Crippen molar-refractivity contribution < 1.29 is 69.0 Å². The van der Waals surface area contributed by atoms with Gasteiger partial charge in [0.1, 0.15) is 54.9 Å². The maximum Gasteiger partial charge on any atom is 0.306 e. The fourth-order valence-electron chi connectivity index (χ4n) is 6.70. The fourth-order valence-corrected chi connectivity index (χ4v) is 6.70. The molecule has 0 aromatic rings. The number of aliphatic hydroxyl groups is 7. The lowest BCUT2D eigenvalue weighted by atomic mass is 9.98. The first-order valence-electron chi connectivity index (χ1n) is 21.3. The SMILES string of the molecule is CCC/C=C\CCCCCCCC(=O)OC(COCCCCCCCCCCCCC)COC1OC(COC2OC(CO)C(O)C(O)C2O)C(O)C(O)C1O. The van der Waals surface area contributed by atoms with Gasteiger partial charge in [-0.05, 0) is 32.1 Å². The highest BCUT2D eigenvalue weighted by Gasteiger charge is 2.47. The van der Waals surface area contributed by atoms with Crippen LogP contribution in [-0.2, 0) is 33.2 Å². The molecule has 7 N–H and O–H groups in total. The predicted octanol–water partition coefficient (Wildman–Crippen LogP) is 3.95. The van der Waals surface area contributed by atoms with Crippen molar-refractivity contribution in [1.29, 1.82) is 0 Å². The van der Waals surface area contributed by atoms with Gasteiger partial charge in [0.05, 0.1) is 26.4 Å². The minimum atomic E-state index is -1.70. The number of unbranched alkanes of at least 4 members (excludes halogenated alkanes) is 16. The van der Waals surface area contributed by atoms with Crippen LogP contribution in [0.2, 0.25) is 0 Å². The summed E-state index contributed by atoms with van der Waals surface area (Å²) in [5, 5.41) is 71.7. The molecule has 0 aromatic heterocycles. The predicted molar refractivity (Wildman–Crippen MR) is 206 cm³/mol. The van der Waals surface area contributed by atoms with Gasteiger partial charge in [-0.15, -0.1) is 0 Å². The van der Waals surface area contributed by atoms with Crippen molar-refractivity contribution >= 4 is 5.97 Å². The minimum absolute atomic E-state index is 0.0622. The van der Waals surface area contributed by atoms with Crippen LogP contribution in [0.1, 0.15) is 142 Å². The molecule has 11 atom stereocenters. The van der Waals surface area contributed by atoms with E-state index in [9.17, 15) is 40.5 Å². The monoisotopic (exact) mass is 793 g/mol. The number of ether oxygens (including phenoxy) is 6. The molecule has 0 bridgehead atoms. The van der Waals surface area contributed by atoms with E-state index in [0.29, 0.717) is 13.0 Å². The minimum Gasteiger partial charge on any atom is -0.457 e. The Hall–Kier alpha value is -1.27. The number of carbonyl (C=O) groups is 1. The van der Waals surface area contributed by atoms with Gasteiger partial charge in [-0.3, -0.25) is 4.79 Å². The van der Waals surface area contributed by atoms with Crippen LogP contribution < -0.4 is 0 Å². The number of aliphatic hydroxyl groups excluding tert-OH is 7. The van der Waals surface area contributed by atoms with E-state index in [0.717, 1.165) is 64.2 Å². The van der Waals surface area contributed by atoms with Crippen LogP contribution in [0.15, 0.2) is 12.2 Å². The zero-order valence-electron chi connectivity index (χ0n) is 33.7. The Morgan fingerprint density at radius 2 is 1.11 bits per heavy atom. The van der Waals surface area contributed by atoms with E-state index >= 15 is 0 Å². The molecule has 11 unspecified atom stereocenters. The van der Waals surface area contributed by atoms with Crippen molar-refractivity contribution in [1.82, 2.24) is 0 Å². The number of hydrogen-bond donors (Lipinski definition) is 7. The highest BCUT2D eigenvalue weighted by atomic mass is 16.7. The number of esters is 1. The molecule has 2 aliphatic rings. The van der Waals surface area contributed by atoms with E-state index in [2.05, 4.69) is 26.0 Å².